The molecule has 0 radical (unpaired) electrons. The Kier molecular flexibility index (Phi) is 4.52. The van der Waals surface area contributed by atoms with E-state index in [1.807, 2.05) is 18.7 Å². The first-order valence-corrected chi connectivity index (χ1v) is 7.09. The number of piperidine rings is 1. The fourth-order valence-corrected chi connectivity index (χ4v) is 2.35. The summed E-state index contributed by atoms with van der Waals surface area (Å²) in [4.78, 5) is 14.3. The lowest BCUT2D eigenvalue weighted by Gasteiger charge is -2.29. The molecular formula is C13H23N5O. The fourth-order valence-electron chi connectivity index (χ4n) is 2.35. The summed E-state index contributed by atoms with van der Waals surface area (Å²) in [6.07, 6.45) is 6.02. The van der Waals surface area contributed by atoms with Crippen LogP contribution in [0.3, 0.4) is 0 Å². The third kappa shape index (κ3) is 3.12. The van der Waals surface area contributed by atoms with Crippen LogP contribution in [0.1, 0.15) is 57.3 Å². The van der Waals surface area contributed by atoms with Gasteiger partial charge in [0.15, 0.2) is 0 Å². The van der Waals surface area contributed by atoms with Gasteiger partial charge in [0.05, 0.1) is 17.9 Å². The van der Waals surface area contributed by atoms with Crippen LogP contribution in [0.25, 0.3) is 0 Å². The van der Waals surface area contributed by atoms with E-state index < -0.39 is 0 Å². The summed E-state index contributed by atoms with van der Waals surface area (Å²) < 4.78 is 1.63. The lowest BCUT2D eigenvalue weighted by atomic mass is 10.1. The Bertz CT molecular complexity index is 424. The first-order valence-electron chi connectivity index (χ1n) is 7.09. The van der Waals surface area contributed by atoms with E-state index in [1.54, 1.807) is 10.9 Å². The van der Waals surface area contributed by atoms with Crippen molar-refractivity contribution in [3.63, 3.8) is 0 Å². The van der Waals surface area contributed by atoms with Crippen LogP contribution >= 0.6 is 0 Å². The van der Waals surface area contributed by atoms with Crippen molar-refractivity contribution < 1.29 is 4.79 Å². The molecule has 1 amide bonds. The van der Waals surface area contributed by atoms with Crippen molar-refractivity contribution in [2.75, 3.05) is 13.1 Å². The molecule has 6 heteroatoms. The number of carbonyl (C=O) groups excluding carboxylic acids is 1. The van der Waals surface area contributed by atoms with Gasteiger partial charge in [0.1, 0.15) is 6.04 Å². The van der Waals surface area contributed by atoms with E-state index in [4.69, 9.17) is 5.73 Å². The van der Waals surface area contributed by atoms with Gasteiger partial charge in [0, 0.05) is 13.1 Å². The van der Waals surface area contributed by atoms with Crippen LogP contribution in [0, 0.1) is 0 Å². The molecule has 2 N–H and O–H groups in total. The van der Waals surface area contributed by atoms with Crippen LogP contribution in [0.5, 0.6) is 0 Å². The van der Waals surface area contributed by atoms with Crippen LogP contribution in [0.4, 0.5) is 0 Å². The number of hydrogen-bond donors (Lipinski definition) is 1. The summed E-state index contributed by atoms with van der Waals surface area (Å²) in [5.74, 6) is 0.126. The van der Waals surface area contributed by atoms with E-state index in [-0.39, 0.29) is 18.0 Å². The van der Waals surface area contributed by atoms with E-state index >= 15 is 0 Å². The van der Waals surface area contributed by atoms with Crippen LogP contribution in [-0.2, 0) is 4.79 Å². The van der Waals surface area contributed by atoms with Gasteiger partial charge in [0.2, 0.25) is 5.91 Å². The maximum Gasteiger partial charge on any atom is 0.247 e. The fraction of sp³-hybridized carbons (Fsp3) is 0.769. The lowest BCUT2D eigenvalue weighted by molar-refractivity contribution is -0.135. The summed E-state index contributed by atoms with van der Waals surface area (Å²) in [7, 11) is 0. The van der Waals surface area contributed by atoms with Crippen molar-refractivity contribution >= 4 is 5.91 Å². The number of nitrogens with two attached hydrogens (primary N) is 1. The highest BCUT2D eigenvalue weighted by molar-refractivity contribution is 5.80. The second-order valence-electron chi connectivity index (χ2n) is 5.20. The molecule has 2 heterocycles. The molecule has 0 spiro atoms. The Balaban J connectivity index is 2.03. The zero-order valence-electron chi connectivity index (χ0n) is 11.7. The molecule has 0 aliphatic carbocycles. The molecule has 106 valence electrons. The molecule has 1 aromatic heterocycles. The van der Waals surface area contributed by atoms with Crippen LogP contribution in [0.2, 0.25) is 0 Å². The Hall–Kier alpha value is -1.43. The van der Waals surface area contributed by atoms with Gasteiger partial charge in [-0.3, -0.25) is 4.79 Å². The average molecular weight is 265 g/mol. The predicted molar refractivity (Wildman–Crippen MR) is 72.4 cm³/mol. The molecule has 1 aromatic rings. The summed E-state index contributed by atoms with van der Waals surface area (Å²) >= 11 is 0. The Morgan fingerprint density at radius 3 is 2.74 bits per heavy atom. The monoisotopic (exact) mass is 265 g/mol. The van der Waals surface area contributed by atoms with E-state index in [0.29, 0.717) is 0 Å². The second kappa shape index (κ2) is 6.14. The molecule has 1 aliphatic heterocycles. The normalized spacial score (nSPS) is 19.2. The molecule has 6 nitrogen and oxygen atoms in total. The first kappa shape index (κ1) is 14.0. The van der Waals surface area contributed by atoms with Crippen LogP contribution in [0.15, 0.2) is 6.20 Å². The molecule has 0 bridgehead atoms. The largest absolute Gasteiger partial charge is 0.341 e. The topological polar surface area (TPSA) is 77.0 Å². The summed E-state index contributed by atoms with van der Waals surface area (Å²) in [6, 6.07) is -0.408. The molecule has 1 aliphatic rings. The Morgan fingerprint density at radius 1 is 1.42 bits per heavy atom. The van der Waals surface area contributed by atoms with E-state index in [1.165, 1.54) is 6.42 Å². The maximum absolute atomic E-state index is 12.4. The molecule has 2 atom stereocenters. The second-order valence-corrected chi connectivity index (χ2v) is 5.20. The Morgan fingerprint density at radius 2 is 2.11 bits per heavy atom. The molecule has 19 heavy (non-hydrogen) atoms. The quantitative estimate of drug-likeness (QED) is 0.889. The zero-order chi connectivity index (χ0) is 13.8. The van der Waals surface area contributed by atoms with Gasteiger partial charge < -0.3 is 10.6 Å². The van der Waals surface area contributed by atoms with Crippen molar-refractivity contribution in [1.82, 2.24) is 19.9 Å². The van der Waals surface area contributed by atoms with Crippen LogP contribution < -0.4 is 5.73 Å². The van der Waals surface area contributed by atoms with E-state index in [9.17, 15) is 4.79 Å². The number of aromatic nitrogens is 3. The molecule has 1 fully saturated rings. The van der Waals surface area contributed by atoms with Crippen molar-refractivity contribution in [2.24, 2.45) is 5.73 Å². The highest BCUT2D eigenvalue weighted by Gasteiger charge is 2.24. The summed E-state index contributed by atoms with van der Waals surface area (Å²) in [5.41, 5.74) is 6.67. The molecule has 1 saturated heterocycles. The number of hydrogen-bond acceptors (Lipinski definition) is 4. The van der Waals surface area contributed by atoms with Gasteiger partial charge in [0.25, 0.3) is 0 Å². The summed E-state index contributed by atoms with van der Waals surface area (Å²) in [5, 5.41) is 8.09. The van der Waals surface area contributed by atoms with Crippen molar-refractivity contribution in [3.8, 4) is 0 Å². The molecule has 2 rings (SSSR count). The number of rotatable bonds is 4. The minimum Gasteiger partial charge on any atom is -0.341 e. The zero-order valence-corrected chi connectivity index (χ0v) is 11.7. The maximum atomic E-state index is 12.4. The smallest absolute Gasteiger partial charge is 0.247 e. The number of nitrogens with zero attached hydrogens (tertiary/aromatic N) is 4. The first-order chi connectivity index (χ1) is 9.13. The van der Waals surface area contributed by atoms with Crippen molar-refractivity contribution in [3.05, 3.63) is 11.9 Å². The standard InChI is InChI=1S/C13H23N5O/c1-3-11(14)12-9-18(16-15-12)10(2)13(19)17-7-5-4-6-8-17/h9-11H,3-8,14H2,1-2H3. The number of amides is 1. The third-order valence-corrected chi connectivity index (χ3v) is 3.77. The lowest BCUT2D eigenvalue weighted by Crippen LogP contribution is -2.39. The van der Waals surface area contributed by atoms with Gasteiger partial charge in [-0.2, -0.15) is 0 Å². The molecule has 0 saturated carbocycles. The summed E-state index contributed by atoms with van der Waals surface area (Å²) in [6.45, 7) is 5.59. The highest BCUT2D eigenvalue weighted by Crippen LogP contribution is 2.16. The van der Waals surface area contributed by atoms with Gasteiger partial charge in [-0.1, -0.05) is 12.1 Å². The van der Waals surface area contributed by atoms with Crippen molar-refractivity contribution in [2.45, 2.75) is 51.6 Å². The molecular weight excluding hydrogens is 242 g/mol. The SMILES string of the molecule is CCC(N)c1cn(C(C)C(=O)N2CCCCC2)nn1. The Labute approximate surface area is 113 Å². The van der Waals surface area contributed by atoms with E-state index in [2.05, 4.69) is 10.3 Å². The molecule has 2 unspecified atom stereocenters. The number of carbonyl (C=O) groups is 1. The van der Waals surface area contributed by atoms with E-state index in [0.717, 1.165) is 38.0 Å². The average Bonchev–Trinajstić information content (AvgIpc) is 2.95. The van der Waals surface area contributed by atoms with Gasteiger partial charge in [-0.25, -0.2) is 4.68 Å². The van der Waals surface area contributed by atoms with Crippen LogP contribution in [-0.4, -0.2) is 38.9 Å². The highest BCUT2D eigenvalue weighted by atomic mass is 16.2. The molecule has 0 aromatic carbocycles. The predicted octanol–water partition coefficient (Wildman–Crippen LogP) is 1.26. The van der Waals surface area contributed by atoms with Crippen molar-refractivity contribution in [1.29, 1.82) is 0 Å². The van der Waals surface area contributed by atoms with Gasteiger partial charge >= 0.3 is 0 Å². The van der Waals surface area contributed by atoms with Gasteiger partial charge in [-0.05, 0) is 32.6 Å². The minimum atomic E-state index is -0.302. The minimum absolute atomic E-state index is 0.106. The number of likely N-dealkylation sites (tertiary alicyclic amines) is 1. The van der Waals surface area contributed by atoms with Gasteiger partial charge in [-0.15, -0.1) is 5.10 Å². The third-order valence-electron chi connectivity index (χ3n) is 3.77.